The normalized spacial score (nSPS) is 26.4. The second-order valence-electron chi connectivity index (χ2n) is 1.53. The molecular formula is C5H6INO. The third kappa shape index (κ3) is 1.56. The third-order valence-electron chi connectivity index (χ3n) is 0.917. The molecule has 1 aliphatic rings. The largest absolute Gasteiger partial charge is 0.306 e. The first-order chi connectivity index (χ1) is 3.93. The van der Waals surface area contributed by atoms with Crippen LogP contribution in [0.25, 0.3) is 0 Å². The summed E-state index contributed by atoms with van der Waals surface area (Å²) >= 11 is 1.88. The Hall–Kier alpha value is 0.1000. The Labute approximate surface area is 62.3 Å². The zero-order chi connectivity index (χ0) is 5.82. The Morgan fingerprint density at radius 2 is 2.62 bits per heavy atom. The van der Waals surface area contributed by atoms with Crippen LogP contribution in [0.15, 0.2) is 17.1 Å². The summed E-state index contributed by atoms with van der Waals surface area (Å²) in [6.45, 7) is 0.763. The molecule has 0 aliphatic carbocycles. The summed E-state index contributed by atoms with van der Waals surface area (Å²) < 4.78 is 4.96. The van der Waals surface area contributed by atoms with E-state index in [0.29, 0.717) is 0 Å². The van der Waals surface area contributed by atoms with Crippen molar-refractivity contribution < 1.29 is 3.07 Å². The van der Waals surface area contributed by atoms with E-state index in [9.17, 15) is 0 Å². The second-order valence-corrected chi connectivity index (χ2v) is 2.04. The van der Waals surface area contributed by atoms with Crippen LogP contribution in [0.4, 0.5) is 0 Å². The van der Waals surface area contributed by atoms with E-state index in [2.05, 4.69) is 4.99 Å². The number of hydrogen-bond donors (Lipinski definition) is 0. The molecule has 3 heteroatoms. The number of dihydropyridines is 1. The summed E-state index contributed by atoms with van der Waals surface area (Å²) in [5.74, 6) is 0. The van der Waals surface area contributed by atoms with E-state index >= 15 is 0 Å². The molecule has 0 aromatic rings. The number of allylic oxidation sites excluding steroid dienone is 1. The molecular weight excluding hydrogens is 217 g/mol. The molecule has 0 N–H and O–H groups in total. The van der Waals surface area contributed by atoms with Gasteiger partial charge in [0.2, 0.25) is 0 Å². The fraction of sp³-hybridized carbons (Fsp3) is 0.400. The average Bonchev–Trinajstić information content (AvgIpc) is 1.90. The monoisotopic (exact) mass is 223 g/mol. The Kier molecular flexibility index (Phi) is 2.48. The van der Waals surface area contributed by atoms with Gasteiger partial charge in [0.15, 0.2) is 0 Å². The van der Waals surface area contributed by atoms with Gasteiger partial charge < -0.3 is 3.07 Å². The molecule has 1 rings (SSSR count). The van der Waals surface area contributed by atoms with E-state index in [1.165, 1.54) is 0 Å². The van der Waals surface area contributed by atoms with Crippen molar-refractivity contribution in [2.75, 3.05) is 6.54 Å². The molecule has 1 aliphatic heterocycles. The van der Waals surface area contributed by atoms with E-state index in [1.807, 2.05) is 35.2 Å². The van der Waals surface area contributed by atoms with Crippen molar-refractivity contribution in [1.29, 1.82) is 0 Å². The van der Waals surface area contributed by atoms with Gasteiger partial charge in [-0.2, -0.15) is 0 Å². The van der Waals surface area contributed by atoms with E-state index in [4.69, 9.17) is 3.07 Å². The van der Waals surface area contributed by atoms with Crippen molar-refractivity contribution in [3.63, 3.8) is 0 Å². The third-order valence-corrected chi connectivity index (χ3v) is 1.57. The maximum absolute atomic E-state index is 4.96. The lowest BCUT2D eigenvalue weighted by Gasteiger charge is -2.06. The van der Waals surface area contributed by atoms with Gasteiger partial charge in [-0.1, -0.05) is 6.08 Å². The van der Waals surface area contributed by atoms with Gasteiger partial charge in [0.1, 0.15) is 29.1 Å². The van der Waals surface area contributed by atoms with Gasteiger partial charge in [-0.15, -0.1) is 0 Å². The minimum Gasteiger partial charge on any atom is -0.306 e. The lowest BCUT2D eigenvalue weighted by molar-refractivity contribution is 0.351. The molecule has 1 atom stereocenters. The molecule has 0 aromatic heterocycles. The molecule has 0 fully saturated rings. The average molecular weight is 223 g/mol. The summed E-state index contributed by atoms with van der Waals surface area (Å²) in [4.78, 5) is 3.99. The predicted molar refractivity (Wildman–Crippen MR) is 41.4 cm³/mol. The predicted octanol–water partition coefficient (Wildman–Crippen LogP) is 1.36. The first-order valence-corrected chi connectivity index (χ1v) is 3.25. The fourth-order valence-electron chi connectivity index (χ4n) is 0.518. The standard InChI is InChI=1S/C5H6INO/c6-8-5-2-1-3-7-4-5/h1-3,5H,4H2. The van der Waals surface area contributed by atoms with Crippen LogP contribution < -0.4 is 0 Å². The van der Waals surface area contributed by atoms with Crippen molar-refractivity contribution in [3.05, 3.63) is 12.2 Å². The van der Waals surface area contributed by atoms with Crippen LogP contribution in [-0.2, 0) is 3.07 Å². The lowest BCUT2D eigenvalue weighted by Crippen LogP contribution is -2.10. The van der Waals surface area contributed by atoms with Crippen LogP contribution in [0.3, 0.4) is 0 Å². The van der Waals surface area contributed by atoms with Gasteiger partial charge in [0.05, 0.1) is 6.54 Å². The van der Waals surface area contributed by atoms with Gasteiger partial charge in [0.25, 0.3) is 0 Å². The maximum atomic E-state index is 4.96. The molecule has 0 spiro atoms. The van der Waals surface area contributed by atoms with Crippen LogP contribution in [0.1, 0.15) is 0 Å². The number of halogens is 1. The minimum absolute atomic E-state index is 0.195. The fourth-order valence-corrected chi connectivity index (χ4v) is 0.848. The molecule has 0 radical (unpaired) electrons. The maximum Gasteiger partial charge on any atom is 0.110 e. The number of hydrogen-bond acceptors (Lipinski definition) is 2. The molecule has 0 bridgehead atoms. The number of rotatable bonds is 1. The molecule has 44 valence electrons. The summed E-state index contributed by atoms with van der Waals surface area (Å²) in [5.41, 5.74) is 0. The zero-order valence-corrected chi connectivity index (χ0v) is 6.41. The van der Waals surface area contributed by atoms with Crippen LogP contribution in [-0.4, -0.2) is 18.9 Å². The Morgan fingerprint density at radius 1 is 1.75 bits per heavy atom. The van der Waals surface area contributed by atoms with E-state index in [-0.39, 0.29) is 6.10 Å². The first-order valence-electron chi connectivity index (χ1n) is 2.37. The zero-order valence-electron chi connectivity index (χ0n) is 4.25. The van der Waals surface area contributed by atoms with Gasteiger partial charge >= 0.3 is 0 Å². The topological polar surface area (TPSA) is 21.6 Å². The molecule has 8 heavy (non-hydrogen) atoms. The molecule has 1 heterocycles. The molecule has 0 saturated carbocycles. The molecule has 1 unspecified atom stereocenters. The first kappa shape index (κ1) is 6.22. The highest BCUT2D eigenvalue weighted by Gasteiger charge is 2.02. The van der Waals surface area contributed by atoms with Crippen molar-refractivity contribution in [1.82, 2.24) is 0 Å². The van der Waals surface area contributed by atoms with E-state index in [0.717, 1.165) is 6.54 Å². The van der Waals surface area contributed by atoms with E-state index < -0.39 is 0 Å². The van der Waals surface area contributed by atoms with Crippen molar-refractivity contribution in [2.45, 2.75) is 6.10 Å². The van der Waals surface area contributed by atoms with Crippen molar-refractivity contribution >= 4 is 29.2 Å². The quantitative estimate of drug-likeness (QED) is 0.615. The molecule has 0 saturated heterocycles. The highest BCUT2D eigenvalue weighted by atomic mass is 127. The van der Waals surface area contributed by atoms with Gasteiger partial charge in [-0.3, -0.25) is 4.99 Å². The lowest BCUT2D eigenvalue weighted by atomic mass is 10.3. The summed E-state index contributed by atoms with van der Waals surface area (Å²) in [7, 11) is 0. The van der Waals surface area contributed by atoms with E-state index in [1.54, 1.807) is 6.21 Å². The van der Waals surface area contributed by atoms with Crippen LogP contribution >= 0.6 is 23.0 Å². The Morgan fingerprint density at radius 3 is 3.00 bits per heavy atom. The highest BCUT2D eigenvalue weighted by molar-refractivity contribution is 14.1. The SMILES string of the molecule is IOC1C=CC=NC1. The molecule has 0 amide bonds. The van der Waals surface area contributed by atoms with Crippen molar-refractivity contribution in [3.8, 4) is 0 Å². The summed E-state index contributed by atoms with van der Waals surface area (Å²) in [6, 6.07) is 0. The van der Waals surface area contributed by atoms with Crippen molar-refractivity contribution in [2.24, 2.45) is 4.99 Å². The van der Waals surface area contributed by atoms with Gasteiger partial charge in [-0.05, 0) is 6.08 Å². The Balaban J connectivity index is 2.40. The van der Waals surface area contributed by atoms with Crippen LogP contribution in [0.2, 0.25) is 0 Å². The van der Waals surface area contributed by atoms with Gasteiger partial charge in [-0.25, -0.2) is 0 Å². The van der Waals surface area contributed by atoms with Crippen LogP contribution in [0.5, 0.6) is 0 Å². The minimum atomic E-state index is 0.195. The molecule has 0 aromatic carbocycles. The Bertz CT molecular complexity index is 122. The smallest absolute Gasteiger partial charge is 0.110 e. The second kappa shape index (κ2) is 3.19. The number of nitrogens with zero attached hydrogens (tertiary/aromatic N) is 1. The summed E-state index contributed by atoms with van der Waals surface area (Å²) in [5, 5.41) is 0. The molecule has 2 nitrogen and oxygen atoms in total. The van der Waals surface area contributed by atoms with Gasteiger partial charge in [0, 0.05) is 6.21 Å². The van der Waals surface area contributed by atoms with Crippen LogP contribution in [0, 0.1) is 0 Å². The summed E-state index contributed by atoms with van der Waals surface area (Å²) in [6.07, 6.45) is 5.86. The number of aliphatic imine (C=N–C) groups is 1. The highest BCUT2D eigenvalue weighted by Crippen LogP contribution is 2.02.